The minimum Gasteiger partial charge on any atom is -0.371 e. The van der Waals surface area contributed by atoms with E-state index >= 15 is 0 Å². The van der Waals surface area contributed by atoms with Crippen LogP contribution in [-0.4, -0.2) is 26.2 Å². The maximum Gasteiger partial charge on any atom is 0.0369 e. The monoisotopic (exact) mass is 282 g/mol. The fourth-order valence-electron chi connectivity index (χ4n) is 2.11. The van der Waals surface area contributed by atoms with Gasteiger partial charge in [-0.25, -0.2) is 0 Å². The zero-order valence-corrected chi connectivity index (χ0v) is 11.4. The molecule has 1 saturated heterocycles. The molecule has 2 rings (SSSR count). The standard InChI is InChI=1S/C13H19BrN2/c1-11-10-12(4-5-13(11)14)16-8-2-6-15-7-3-9-16/h4-5,10,15H,2-3,6-9H2,1H3. The third-order valence-corrected chi connectivity index (χ3v) is 3.96. The topological polar surface area (TPSA) is 15.3 Å². The van der Waals surface area contributed by atoms with Crippen molar-refractivity contribution in [2.24, 2.45) is 0 Å². The molecule has 0 bridgehead atoms. The van der Waals surface area contributed by atoms with E-state index in [1.807, 2.05) is 0 Å². The summed E-state index contributed by atoms with van der Waals surface area (Å²) in [6.07, 6.45) is 2.46. The molecule has 1 aliphatic rings. The van der Waals surface area contributed by atoms with Gasteiger partial charge in [0.15, 0.2) is 0 Å². The van der Waals surface area contributed by atoms with E-state index in [9.17, 15) is 0 Å². The summed E-state index contributed by atoms with van der Waals surface area (Å²) in [5.41, 5.74) is 2.68. The van der Waals surface area contributed by atoms with E-state index in [4.69, 9.17) is 0 Å². The Morgan fingerprint density at radius 2 is 1.88 bits per heavy atom. The van der Waals surface area contributed by atoms with E-state index in [-0.39, 0.29) is 0 Å². The van der Waals surface area contributed by atoms with Crippen molar-refractivity contribution in [1.82, 2.24) is 5.32 Å². The van der Waals surface area contributed by atoms with Crippen LogP contribution in [-0.2, 0) is 0 Å². The number of benzene rings is 1. The molecule has 1 heterocycles. The summed E-state index contributed by atoms with van der Waals surface area (Å²) in [5.74, 6) is 0. The molecule has 3 heteroatoms. The Kier molecular flexibility index (Phi) is 4.24. The summed E-state index contributed by atoms with van der Waals surface area (Å²) in [4.78, 5) is 2.50. The molecule has 0 spiro atoms. The molecule has 1 aliphatic heterocycles. The van der Waals surface area contributed by atoms with Crippen LogP contribution in [0.4, 0.5) is 5.69 Å². The van der Waals surface area contributed by atoms with Gasteiger partial charge in [-0.1, -0.05) is 15.9 Å². The highest BCUT2D eigenvalue weighted by Gasteiger charge is 2.09. The van der Waals surface area contributed by atoms with E-state index in [2.05, 4.69) is 51.3 Å². The first-order valence-electron chi connectivity index (χ1n) is 5.99. The molecule has 0 saturated carbocycles. The van der Waals surface area contributed by atoms with Gasteiger partial charge in [0.05, 0.1) is 0 Å². The molecule has 1 aromatic rings. The predicted molar refractivity (Wildman–Crippen MR) is 73.2 cm³/mol. The highest BCUT2D eigenvalue weighted by molar-refractivity contribution is 9.10. The van der Waals surface area contributed by atoms with Gasteiger partial charge in [0, 0.05) is 23.2 Å². The van der Waals surface area contributed by atoms with Crippen LogP contribution in [0.25, 0.3) is 0 Å². The number of halogens is 1. The molecule has 1 N–H and O–H groups in total. The largest absolute Gasteiger partial charge is 0.371 e. The van der Waals surface area contributed by atoms with Gasteiger partial charge in [0.25, 0.3) is 0 Å². The number of aryl methyl sites for hydroxylation is 1. The molecular weight excluding hydrogens is 264 g/mol. The Labute approximate surface area is 106 Å². The van der Waals surface area contributed by atoms with E-state index in [1.54, 1.807) is 0 Å². The van der Waals surface area contributed by atoms with E-state index in [0.717, 1.165) is 26.2 Å². The Bertz CT molecular complexity index is 344. The van der Waals surface area contributed by atoms with Gasteiger partial charge in [-0.2, -0.15) is 0 Å². The first-order valence-corrected chi connectivity index (χ1v) is 6.78. The molecule has 0 unspecified atom stereocenters. The second-order valence-corrected chi connectivity index (χ2v) is 5.23. The van der Waals surface area contributed by atoms with Crippen LogP contribution in [0.2, 0.25) is 0 Å². The number of nitrogens with zero attached hydrogens (tertiary/aromatic N) is 1. The van der Waals surface area contributed by atoms with E-state index in [1.165, 1.54) is 28.6 Å². The SMILES string of the molecule is Cc1cc(N2CCCNCCC2)ccc1Br. The second-order valence-electron chi connectivity index (χ2n) is 4.38. The van der Waals surface area contributed by atoms with Crippen LogP contribution in [0.3, 0.4) is 0 Å². The van der Waals surface area contributed by atoms with Crippen molar-refractivity contribution in [2.45, 2.75) is 19.8 Å². The zero-order chi connectivity index (χ0) is 11.4. The van der Waals surface area contributed by atoms with Crippen LogP contribution in [0.15, 0.2) is 22.7 Å². The van der Waals surface area contributed by atoms with E-state index < -0.39 is 0 Å². The molecule has 16 heavy (non-hydrogen) atoms. The molecular formula is C13H19BrN2. The molecule has 0 aromatic heterocycles. The third-order valence-electron chi connectivity index (χ3n) is 3.07. The van der Waals surface area contributed by atoms with Gasteiger partial charge in [0.2, 0.25) is 0 Å². The predicted octanol–water partition coefficient (Wildman–Crippen LogP) is 2.95. The van der Waals surface area contributed by atoms with Gasteiger partial charge in [-0.15, -0.1) is 0 Å². The lowest BCUT2D eigenvalue weighted by Gasteiger charge is -2.27. The minimum absolute atomic E-state index is 1.14. The second kappa shape index (κ2) is 5.69. The third kappa shape index (κ3) is 2.98. The van der Waals surface area contributed by atoms with Crippen molar-refractivity contribution in [3.05, 3.63) is 28.2 Å². The van der Waals surface area contributed by atoms with Gasteiger partial charge in [0.1, 0.15) is 0 Å². The van der Waals surface area contributed by atoms with Crippen molar-refractivity contribution in [2.75, 3.05) is 31.1 Å². The van der Waals surface area contributed by atoms with Gasteiger partial charge < -0.3 is 10.2 Å². The summed E-state index contributed by atoms with van der Waals surface area (Å²) in [7, 11) is 0. The van der Waals surface area contributed by atoms with Gasteiger partial charge in [-0.05, 0) is 56.6 Å². The van der Waals surface area contributed by atoms with Gasteiger partial charge >= 0.3 is 0 Å². The Morgan fingerprint density at radius 1 is 1.19 bits per heavy atom. The highest BCUT2D eigenvalue weighted by atomic mass is 79.9. The smallest absolute Gasteiger partial charge is 0.0369 e. The Balaban J connectivity index is 2.11. The van der Waals surface area contributed by atoms with Crippen molar-refractivity contribution < 1.29 is 0 Å². The van der Waals surface area contributed by atoms with Crippen LogP contribution in [0.1, 0.15) is 18.4 Å². The fraction of sp³-hybridized carbons (Fsp3) is 0.538. The lowest BCUT2D eigenvalue weighted by atomic mass is 10.2. The molecule has 1 fully saturated rings. The number of hydrogen-bond acceptors (Lipinski definition) is 2. The normalized spacial score (nSPS) is 18.0. The average Bonchev–Trinajstić information content (AvgIpc) is 2.22. The van der Waals surface area contributed by atoms with E-state index in [0.29, 0.717) is 0 Å². The van der Waals surface area contributed by atoms with Crippen molar-refractivity contribution in [3.8, 4) is 0 Å². The van der Waals surface area contributed by atoms with Gasteiger partial charge in [-0.3, -0.25) is 0 Å². The summed E-state index contributed by atoms with van der Waals surface area (Å²) in [6, 6.07) is 6.65. The number of nitrogens with one attached hydrogen (secondary N) is 1. The fourth-order valence-corrected chi connectivity index (χ4v) is 2.36. The highest BCUT2D eigenvalue weighted by Crippen LogP contribution is 2.23. The lowest BCUT2D eigenvalue weighted by Crippen LogP contribution is -2.33. The van der Waals surface area contributed by atoms with Crippen LogP contribution < -0.4 is 10.2 Å². The first kappa shape index (κ1) is 11.9. The lowest BCUT2D eigenvalue weighted by molar-refractivity contribution is 0.567. The molecule has 0 amide bonds. The number of anilines is 1. The molecule has 0 radical (unpaired) electrons. The quantitative estimate of drug-likeness (QED) is 0.852. The minimum atomic E-state index is 1.14. The first-order chi connectivity index (χ1) is 7.77. The summed E-state index contributed by atoms with van der Waals surface area (Å²) in [6.45, 7) is 6.76. The van der Waals surface area contributed by atoms with Crippen molar-refractivity contribution in [1.29, 1.82) is 0 Å². The maximum atomic E-state index is 3.55. The Hall–Kier alpha value is -0.540. The zero-order valence-electron chi connectivity index (χ0n) is 9.80. The average molecular weight is 283 g/mol. The number of hydrogen-bond donors (Lipinski definition) is 1. The van der Waals surface area contributed by atoms with Crippen LogP contribution in [0.5, 0.6) is 0 Å². The van der Waals surface area contributed by atoms with Crippen LogP contribution >= 0.6 is 15.9 Å². The van der Waals surface area contributed by atoms with Crippen LogP contribution in [0, 0.1) is 6.92 Å². The molecule has 2 nitrogen and oxygen atoms in total. The summed E-state index contributed by atoms with van der Waals surface area (Å²) >= 11 is 3.55. The molecule has 1 aromatic carbocycles. The van der Waals surface area contributed by atoms with Crippen molar-refractivity contribution in [3.63, 3.8) is 0 Å². The summed E-state index contributed by atoms with van der Waals surface area (Å²) in [5, 5.41) is 3.45. The molecule has 0 atom stereocenters. The Morgan fingerprint density at radius 3 is 2.50 bits per heavy atom. The number of rotatable bonds is 1. The van der Waals surface area contributed by atoms with Crippen molar-refractivity contribution >= 4 is 21.6 Å². The maximum absolute atomic E-state index is 3.55. The summed E-state index contributed by atoms with van der Waals surface area (Å²) < 4.78 is 1.20. The molecule has 0 aliphatic carbocycles. The molecule has 88 valence electrons.